The Balaban J connectivity index is 1.97. The highest BCUT2D eigenvalue weighted by atomic mass is 32.2. The fraction of sp³-hybridized carbons (Fsp3) is 0.500. The number of fused-ring (bicyclic) bond motifs is 1. The molecule has 1 N–H and O–H groups in total. The van der Waals surface area contributed by atoms with Crippen LogP contribution in [0.2, 0.25) is 0 Å². The number of carbonyl (C=O) groups is 1. The van der Waals surface area contributed by atoms with Gasteiger partial charge in [0.1, 0.15) is 5.78 Å². The Labute approximate surface area is 106 Å². The number of hydrogen-bond donors (Lipinski definition) is 1. The maximum Gasteiger partial charge on any atom is 0.147 e. The van der Waals surface area contributed by atoms with Crippen molar-refractivity contribution in [1.82, 2.24) is 5.32 Å². The summed E-state index contributed by atoms with van der Waals surface area (Å²) in [6.07, 6.45) is 1.81. The van der Waals surface area contributed by atoms with Gasteiger partial charge in [0, 0.05) is 23.3 Å². The predicted octanol–water partition coefficient (Wildman–Crippen LogP) is 2.15. The topological polar surface area (TPSA) is 29.1 Å². The number of nitrogens with one attached hydrogen (secondary N) is 1. The van der Waals surface area contributed by atoms with Gasteiger partial charge in [0.2, 0.25) is 0 Å². The van der Waals surface area contributed by atoms with Crippen LogP contribution in [0.25, 0.3) is 0 Å². The summed E-state index contributed by atoms with van der Waals surface area (Å²) in [7, 11) is 0. The van der Waals surface area contributed by atoms with Crippen LogP contribution in [0.4, 0.5) is 0 Å². The van der Waals surface area contributed by atoms with Gasteiger partial charge in [0.05, 0.1) is 5.75 Å². The van der Waals surface area contributed by atoms with Gasteiger partial charge < -0.3 is 5.32 Å². The molecule has 0 aromatic heterocycles. The highest BCUT2D eigenvalue weighted by Gasteiger charge is 2.31. The van der Waals surface area contributed by atoms with Crippen molar-refractivity contribution in [3.05, 3.63) is 29.3 Å². The van der Waals surface area contributed by atoms with Crippen molar-refractivity contribution in [2.24, 2.45) is 0 Å². The van der Waals surface area contributed by atoms with Crippen LogP contribution < -0.4 is 5.32 Å². The molecule has 0 aliphatic carbocycles. The van der Waals surface area contributed by atoms with Crippen molar-refractivity contribution < 1.29 is 4.79 Å². The summed E-state index contributed by atoms with van der Waals surface area (Å²) in [6, 6.07) is 6.70. The van der Waals surface area contributed by atoms with Gasteiger partial charge in [-0.1, -0.05) is 19.1 Å². The molecule has 0 bridgehead atoms. The lowest BCUT2D eigenvalue weighted by molar-refractivity contribution is -0.116. The van der Waals surface area contributed by atoms with Crippen LogP contribution in [0.5, 0.6) is 0 Å². The SMILES string of the molecule is CC1(c2ccc3c(c2)CC(=O)CS3)CCNC1. The van der Waals surface area contributed by atoms with E-state index in [1.165, 1.54) is 22.4 Å². The van der Waals surface area contributed by atoms with Crippen LogP contribution in [-0.2, 0) is 16.6 Å². The molecule has 2 aliphatic heterocycles. The molecule has 1 unspecified atom stereocenters. The molecule has 3 heteroatoms. The molecule has 2 nitrogen and oxygen atoms in total. The Bertz CT molecular complexity index is 463. The van der Waals surface area contributed by atoms with Gasteiger partial charge in [-0.25, -0.2) is 0 Å². The molecule has 0 amide bonds. The highest BCUT2D eigenvalue weighted by Crippen LogP contribution is 2.35. The molecule has 1 atom stereocenters. The second kappa shape index (κ2) is 4.14. The highest BCUT2D eigenvalue weighted by molar-refractivity contribution is 8.00. The molecule has 0 spiro atoms. The van der Waals surface area contributed by atoms with Gasteiger partial charge in [0.25, 0.3) is 0 Å². The van der Waals surface area contributed by atoms with Crippen molar-refractivity contribution >= 4 is 17.5 Å². The summed E-state index contributed by atoms with van der Waals surface area (Å²) < 4.78 is 0. The van der Waals surface area contributed by atoms with Crippen molar-refractivity contribution in [1.29, 1.82) is 0 Å². The van der Waals surface area contributed by atoms with Crippen LogP contribution in [-0.4, -0.2) is 24.6 Å². The number of carbonyl (C=O) groups excluding carboxylic acids is 1. The van der Waals surface area contributed by atoms with E-state index in [1.807, 2.05) is 0 Å². The lowest BCUT2D eigenvalue weighted by Crippen LogP contribution is -2.25. The van der Waals surface area contributed by atoms with Crippen molar-refractivity contribution in [2.45, 2.75) is 30.1 Å². The quantitative estimate of drug-likeness (QED) is 0.824. The summed E-state index contributed by atoms with van der Waals surface area (Å²) >= 11 is 1.68. The predicted molar refractivity (Wildman–Crippen MR) is 70.7 cm³/mol. The number of benzene rings is 1. The first kappa shape index (κ1) is 11.3. The third-order valence-electron chi connectivity index (χ3n) is 3.90. The van der Waals surface area contributed by atoms with Crippen LogP contribution in [0.1, 0.15) is 24.5 Å². The first-order valence-electron chi connectivity index (χ1n) is 6.16. The van der Waals surface area contributed by atoms with Crippen LogP contribution >= 0.6 is 11.8 Å². The molecule has 1 saturated heterocycles. The van der Waals surface area contributed by atoms with Crippen molar-refractivity contribution in [3.8, 4) is 0 Å². The molecular formula is C14H17NOS. The summed E-state index contributed by atoms with van der Waals surface area (Å²) in [4.78, 5) is 12.8. The van der Waals surface area contributed by atoms with E-state index >= 15 is 0 Å². The van der Waals surface area contributed by atoms with Gasteiger partial charge in [-0.15, -0.1) is 11.8 Å². The first-order valence-corrected chi connectivity index (χ1v) is 7.15. The normalized spacial score (nSPS) is 28.2. The number of thioether (sulfide) groups is 1. The zero-order chi connectivity index (χ0) is 11.9. The largest absolute Gasteiger partial charge is 0.316 e. The fourth-order valence-corrected chi connectivity index (χ4v) is 3.62. The third kappa shape index (κ3) is 2.02. The second-order valence-electron chi connectivity index (χ2n) is 5.31. The third-order valence-corrected chi connectivity index (χ3v) is 5.08. The van der Waals surface area contributed by atoms with E-state index in [9.17, 15) is 4.79 Å². The first-order chi connectivity index (χ1) is 8.17. The van der Waals surface area contributed by atoms with Crippen molar-refractivity contribution in [3.63, 3.8) is 0 Å². The van der Waals surface area contributed by atoms with Crippen LogP contribution in [0.15, 0.2) is 23.1 Å². The summed E-state index contributed by atoms with van der Waals surface area (Å²) in [5.41, 5.74) is 2.87. The average Bonchev–Trinajstić information content (AvgIpc) is 2.76. The standard InChI is InChI=1S/C14H17NOS/c1-14(4-5-15-9-14)11-2-3-13-10(6-11)7-12(16)8-17-13/h2-3,6,15H,4-5,7-9H2,1H3. The minimum absolute atomic E-state index is 0.250. The number of Topliss-reactive ketones (excluding diaryl/α,β-unsaturated/α-hetero) is 1. The maximum atomic E-state index is 11.5. The lowest BCUT2D eigenvalue weighted by atomic mass is 9.81. The van der Waals surface area contributed by atoms with Crippen molar-refractivity contribution in [2.75, 3.05) is 18.8 Å². The second-order valence-corrected chi connectivity index (χ2v) is 6.33. The van der Waals surface area contributed by atoms with E-state index < -0.39 is 0 Å². The van der Waals surface area contributed by atoms with E-state index in [0.29, 0.717) is 18.0 Å². The average molecular weight is 247 g/mol. The van der Waals surface area contributed by atoms with Gasteiger partial charge in [-0.2, -0.15) is 0 Å². The lowest BCUT2D eigenvalue weighted by Gasteiger charge is -2.25. The minimum Gasteiger partial charge on any atom is -0.316 e. The Hall–Kier alpha value is -0.800. The molecule has 1 aromatic rings. The Morgan fingerprint density at radius 1 is 1.41 bits per heavy atom. The molecular weight excluding hydrogens is 230 g/mol. The van der Waals surface area contributed by atoms with E-state index in [-0.39, 0.29) is 5.41 Å². The Morgan fingerprint density at radius 2 is 2.29 bits per heavy atom. The molecule has 1 aromatic carbocycles. The Kier molecular flexibility index (Phi) is 2.75. The molecule has 17 heavy (non-hydrogen) atoms. The summed E-state index contributed by atoms with van der Waals surface area (Å²) in [5, 5.41) is 3.43. The molecule has 1 fully saturated rings. The molecule has 2 heterocycles. The van der Waals surface area contributed by atoms with E-state index in [2.05, 4.69) is 30.4 Å². The van der Waals surface area contributed by atoms with Gasteiger partial charge in [-0.05, 0) is 30.2 Å². The molecule has 2 aliphatic rings. The summed E-state index contributed by atoms with van der Waals surface area (Å²) in [5.74, 6) is 1.000. The monoisotopic (exact) mass is 247 g/mol. The molecule has 0 radical (unpaired) electrons. The molecule has 90 valence electrons. The molecule has 0 saturated carbocycles. The number of hydrogen-bond acceptors (Lipinski definition) is 3. The van der Waals surface area contributed by atoms with Crippen LogP contribution in [0.3, 0.4) is 0 Å². The molecule has 3 rings (SSSR count). The van der Waals surface area contributed by atoms with Gasteiger partial charge >= 0.3 is 0 Å². The minimum atomic E-state index is 0.250. The maximum absolute atomic E-state index is 11.5. The van der Waals surface area contributed by atoms with Gasteiger partial charge in [-0.3, -0.25) is 4.79 Å². The van der Waals surface area contributed by atoms with Gasteiger partial charge in [0.15, 0.2) is 0 Å². The Morgan fingerprint density at radius 3 is 3.06 bits per heavy atom. The van der Waals surface area contributed by atoms with E-state index in [1.54, 1.807) is 11.8 Å². The summed E-state index contributed by atoms with van der Waals surface area (Å²) in [6.45, 7) is 4.46. The smallest absolute Gasteiger partial charge is 0.147 e. The zero-order valence-corrected chi connectivity index (χ0v) is 10.9. The van der Waals surface area contributed by atoms with Crippen LogP contribution in [0, 0.1) is 0 Å². The van der Waals surface area contributed by atoms with E-state index in [4.69, 9.17) is 0 Å². The van der Waals surface area contributed by atoms with E-state index in [0.717, 1.165) is 13.1 Å². The zero-order valence-electron chi connectivity index (χ0n) is 10.1. The number of rotatable bonds is 1. The number of ketones is 1. The fourth-order valence-electron chi connectivity index (χ4n) is 2.72.